The monoisotopic (exact) mass is 365 g/mol. The van der Waals surface area contributed by atoms with Gasteiger partial charge in [0, 0.05) is 23.5 Å². The number of carbonyl (C=O) groups excluding carboxylic acids is 1. The first-order valence-electron chi connectivity index (χ1n) is 8.78. The largest absolute Gasteiger partial charge is 0.345 e. The summed E-state index contributed by atoms with van der Waals surface area (Å²) < 4.78 is 1.75. The van der Waals surface area contributed by atoms with E-state index in [9.17, 15) is 9.59 Å². The van der Waals surface area contributed by atoms with Gasteiger partial charge in [-0.1, -0.05) is 51.1 Å². The zero-order valence-electron chi connectivity index (χ0n) is 15.6. The Hall–Kier alpha value is -3.22. The summed E-state index contributed by atoms with van der Waals surface area (Å²) in [4.78, 5) is 31.3. The highest BCUT2D eigenvalue weighted by atomic mass is 16.2. The highest BCUT2D eigenvalue weighted by molar-refractivity contribution is 5.92. The lowest BCUT2D eigenvalue weighted by molar-refractivity contribution is 0.0926. The molecule has 1 amide bonds. The van der Waals surface area contributed by atoms with Gasteiger partial charge in [-0.25, -0.2) is 4.79 Å². The van der Waals surface area contributed by atoms with Crippen LogP contribution in [-0.4, -0.2) is 25.7 Å². The molecule has 3 rings (SSSR count). The topological polar surface area (TPSA) is 92.7 Å². The molecule has 0 aliphatic rings. The Kier molecular flexibility index (Phi) is 5.21. The average Bonchev–Trinajstić information content (AvgIpc) is 3.13. The van der Waals surface area contributed by atoms with Crippen molar-refractivity contribution >= 4 is 5.91 Å². The van der Waals surface area contributed by atoms with Crippen LogP contribution in [0.5, 0.6) is 0 Å². The maximum atomic E-state index is 12.8. The molecule has 0 bridgehead atoms. The number of hydrogen-bond donors (Lipinski definition) is 2. The van der Waals surface area contributed by atoms with E-state index in [0.717, 1.165) is 5.56 Å². The van der Waals surface area contributed by atoms with Crippen molar-refractivity contribution in [3.05, 3.63) is 82.3 Å². The molecule has 0 aliphatic carbocycles. The van der Waals surface area contributed by atoms with E-state index in [0.29, 0.717) is 12.2 Å². The highest BCUT2D eigenvalue weighted by Gasteiger charge is 2.21. The average molecular weight is 365 g/mol. The second-order valence-corrected chi connectivity index (χ2v) is 7.40. The van der Waals surface area contributed by atoms with Crippen molar-refractivity contribution in [2.75, 3.05) is 0 Å². The lowest BCUT2D eigenvalue weighted by atomic mass is 9.91. The lowest BCUT2D eigenvalue weighted by Gasteiger charge is -2.21. The number of hydrogen-bond acceptors (Lipinski definition) is 4. The van der Waals surface area contributed by atoms with Crippen LogP contribution in [-0.2, 0) is 12.0 Å². The van der Waals surface area contributed by atoms with Crippen LogP contribution in [0.1, 0.15) is 48.6 Å². The van der Waals surface area contributed by atoms with E-state index in [-0.39, 0.29) is 17.2 Å². The quantitative estimate of drug-likeness (QED) is 0.726. The van der Waals surface area contributed by atoms with Gasteiger partial charge in [0.05, 0.1) is 12.6 Å². The second-order valence-electron chi connectivity index (χ2n) is 7.40. The van der Waals surface area contributed by atoms with Crippen LogP contribution in [0.15, 0.2) is 59.7 Å². The Morgan fingerprint density at radius 2 is 1.96 bits per heavy atom. The van der Waals surface area contributed by atoms with Crippen LogP contribution in [0.3, 0.4) is 0 Å². The minimum absolute atomic E-state index is 0.102. The number of H-pyrrole nitrogens is 1. The first kappa shape index (κ1) is 18.6. The summed E-state index contributed by atoms with van der Waals surface area (Å²) in [5, 5.41) is 7.20. The molecule has 3 aromatic rings. The number of aromatic amines is 1. The third-order valence-electron chi connectivity index (χ3n) is 4.22. The maximum absolute atomic E-state index is 12.8. The molecule has 0 spiro atoms. The SMILES string of the molecule is CC(C)(C)c1cc(C(=O)NC(Cn2cccn2)c2ccccc2)nc(=O)[nH]1. The number of benzene rings is 1. The fourth-order valence-corrected chi connectivity index (χ4v) is 2.73. The number of carbonyl (C=O) groups is 1. The number of nitrogens with one attached hydrogen (secondary N) is 2. The predicted molar refractivity (Wildman–Crippen MR) is 102 cm³/mol. The highest BCUT2D eigenvalue weighted by Crippen LogP contribution is 2.20. The Labute approximate surface area is 157 Å². The van der Waals surface area contributed by atoms with Crippen LogP contribution in [0, 0.1) is 0 Å². The van der Waals surface area contributed by atoms with Gasteiger partial charge in [0.1, 0.15) is 5.69 Å². The van der Waals surface area contributed by atoms with E-state index in [4.69, 9.17) is 0 Å². The molecule has 2 aromatic heterocycles. The summed E-state index contributed by atoms with van der Waals surface area (Å²) in [6.45, 7) is 6.36. The molecule has 140 valence electrons. The minimum atomic E-state index is -0.532. The molecule has 2 heterocycles. The molecule has 1 unspecified atom stereocenters. The van der Waals surface area contributed by atoms with Gasteiger partial charge in [-0.2, -0.15) is 10.1 Å². The van der Waals surface area contributed by atoms with Gasteiger partial charge in [-0.15, -0.1) is 0 Å². The van der Waals surface area contributed by atoms with Crippen LogP contribution in [0.25, 0.3) is 0 Å². The van der Waals surface area contributed by atoms with Gasteiger partial charge >= 0.3 is 5.69 Å². The number of rotatable bonds is 5. The van der Waals surface area contributed by atoms with E-state index in [1.165, 1.54) is 0 Å². The molecule has 0 saturated heterocycles. The van der Waals surface area contributed by atoms with Crippen LogP contribution >= 0.6 is 0 Å². The van der Waals surface area contributed by atoms with Crippen molar-refractivity contribution in [3.63, 3.8) is 0 Å². The zero-order valence-corrected chi connectivity index (χ0v) is 15.6. The zero-order chi connectivity index (χ0) is 19.4. The predicted octanol–water partition coefficient (Wildman–Crippen LogP) is 2.44. The second kappa shape index (κ2) is 7.57. The molecule has 1 aromatic carbocycles. The van der Waals surface area contributed by atoms with Crippen molar-refractivity contribution < 1.29 is 4.79 Å². The molecule has 27 heavy (non-hydrogen) atoms. The summed E-state index contributed by atoms with van der Waals surface area (Å²) >= 11 is 0. The van der Waals surface area contributed by atoms with Crippen LogP contribution in [0.2, 0.25) is 0 Å². The molecule has 0 fully saturated rings. The van der Waals surface area contributed by atoms with Gasteiger partial charge in [0.15, 0.2) is 0 Å². The molecule has 1 atom stereocenters. The first-order chi connectivity index (χ1) is 12.8. The lowest BCUT2D eigenvalue weighted by Crippen LogP contribution is -2.34. The van der Waals surface area contributed by atoms with Crippen molar-refractivity contribution in [2.45, 2.75) is 38.8 Å². The molecule has 0 radical (unpaired) electrons. The van der Waals surface area contributed by atoms with Crippen LogP contribution in [0.4, 0.5) is 0 Å². The molecular formula is C20H23N5O2. The van der Waals surface area contributed by atoms with Crippen molar-refractivity contribution in [1.29, 1.82) is 0 Å². The Bertz CT molecular complexity index is 956. The van der Waals surface area contributed by atoms with Crippen molar-refractivity contribution in [3.8, 4) is 0 Å². The third-order valence-corrected chi connectivity index (χ3v) is 4.22. The van der Waals surface area contributed by atoms with Crippen molar-refractivity contribution in [2.24, 2.45) is 0 Å². The number of amides is 1. The number of aromatic nitrogens is 4. The molecular weight excluding hydrogens is 342 g/mol. The normalized spacial score (nSPS) is 12.6. The van der Waals surface area contributed by atoms with E-state index in [2.05, 4.69) is 20.4 Å². The van der Waals surface area contributed by atoms with Gasteiger partial charge in [-0.05, 0) is 17.7 Å². The van der Waals surface area contributed by atoms with E-state index < -0.39 is 11.6 Å². The fourth-order valence-electron chi connectivity index (χ4n) is 2.73. The van der Waals surface area contributed by atoms with Gasteiger partial charge < -0.3 is 10.3 Å². The van der Waals surface area contributed by atoms with E-state index in [1.54, 1.807) is 16.9 Å². The molecule has 0 aliphatic heterocycles. The van der Waals surface area contributed by atoms with E-state index >= 15 is 0 Å². The Morgan fingerprint density at radius 1 is 1.22 bits per heavy atom. The molecule has 7 nitrogen and oxygen atoms in total. The third kappa shape index (κ3) is 4.69. The first-order valence-corrected chi connectivity index (χ1v) is 8.78. The number of nitrogens with zero attached hydrogens (tertiary/aromatic N) is 3. The summed E-state index contributed by atoms with van der Waals surface area (Å²) in [6.07, 6.45) is 3.53. The summed E-state index contributed by atoms with van der Waals surface area (Å²) in [5.74, 6) is -0.396. The summed E-state index contributed by atoms with van der Waals surface area (Å²) in [7, 11) is 0. The Morgan fingerprint density at radius 3 is 2.59 bits per heavy atom. The minimum Gasteiger partial charge on any atom is -0.342 e. The maximum Gasteiger partial charge on any atom is 0.345 e. The van der Waals surface area contributed by atoms with Gasteiger partial charge in [0.25, 0.3) is 5.91 Å². The molecule has 2 N–H and O–H groups in total. The molecule has 0 saturated carbocycles. The Balaban J connectivity index is 1.88. The summed E-state index contributed by atoms with van der Waals surface area (Å²) in [5.41, 5.74) is 0.879. The fraction of sp³-hybridized carbons (Fsp3) is 0.300. The van der Waals surface area contributed by atoms with Crippen molar-refractivity contribution in [1.82, 2.24) is 25.1 Å². The van der Waals surface area contributed by atoms with Gasteiger partial charge in [-0.3, -0.25) is 9.48 Å². The van der Waals surface area contributed by atoms with Gasteiger partial charge in [0.2, 0.25) is 0 Å². The standard InChI is InChI=1S/C20H23N5O2/c1-20(2,3)17-12-15(23-19(27)24-17)18(26)22-16(13-25-11-7-10-21-25)14-8-5-4-6-9-14/h4-12,16H,13H2,1-3H3,(H,22,26)(H,23,24,27). The van der Waals surface area contributed by atoms with Crippen LogP contribution < -0.4 is 11.0 Å². The van der Waals surface area contributed by atoms with E-state index in [1.807, 2.05) is 63.4 Å². The smallest absolute Gasteiger partial charge is 0.342 e. The molecule has 7 heteroatoms. The summed E-state index contributed by atoms with van der Waals surface area (Å²) in [6, 6.07) is 12.8.